The van der Waals surface area contributed by atoms with Crippen LogP contribution in [0.25, 0.3) is 0 Å². The van der Waals surface area contributed by atoms with Crippen LogP contribution in [0, 0.1) is 13.8 Å². The molecule has 0 aliphatic carbocycles. The maximum absolute atomic E-state index is 5.32. The molecule has 6 heteroatoms. The largest absolute Gasteiger partial charge is 0.478 e. The Morgan fingerprint density at radius 1 is 1.33 bits per heavy atom. The average molecular weight is 264 g/mol. The van der Waals surface area contributed by atoms with Crippen molar-refractivity contribution < 1.29 is 4.74 Å². The molecule has 0 saturated heterocycles. The molecule has 0 bridgehead atoms. The molecule has 0 spiro atoms. The molecule has 96 valence electrons. The lowest BCUT2D eigenvalue weighted by Gasteiger charge is -2.06. The molecule has 2 heterocycles. The molecule has 0 unspecified atom stereocenters. The molecule has 2 aromatic rings. The molecule has 0 fully saturated rings. The summed E-state index contributed by atoms with van der Waals surface area (Å²) >= 11 is 1.71. The van der Waals surface area contributed by atoms with E-state index in [1.54, 1.807) is 17.4 Å². The maximum atomic E-state index is 5.32. The molecule has 0 atom stereocenters. The Morgan fingerprint density at radius 2 is 2.17 bits per heavy atom. The van der Waals surface area contributed by atoms with E-state index in [2.05, 4.69) is 27.2 Å². The first-order valence-corrected chi connectivity index (χ1v) is 6.62. The van der Waals surface area contributed by atoms with Crippen LogP contribution in [0.5, 0.6) is 5.88 Å². The van der Waals surface area contributed by atoms with Gasteiger partial charge in [0, 0.05) is 10.9 Å². The molecule has 0 radical (unpaired) electrons. The Balaban J connectivity index is 2.01. The number of ether oxygens (including phenoxy) is 1. The SMILES string of the molecule is CCOc1cc(NCc2nc(C)sc2C)ncn1. The van der Waals surface area contributed by atoms with Gasteiger partial charge in [0.2, 0.25) is 5.88 Å². The summed E-state index contributed by atoms with van der Waals surface area (Å²) in [6.07, 6.45) is 1.49. The zero-order valence-electron chi connectivity index (χ0n) is 10.7. The van der Waals surface area contributed by atoms with Gasteiger partial charge in [0.05, 0.1) is 23.9 Å². The summed E-state index contributed by atoms with van der Waals surface area (Å²) in [5.41, 5.74) is 1.06. The molecule has 2 rings (SSSR count). The van der Waals surface area contributed by atoms with Crippen molar-refractivity contribution in [2.45, 2.75) is 27.3 Å². The lowest BCUT2D eigenvalue weighted by atomic mass is 10.4. The fraction of sp³-hybridized carbons (Fsp3) is 0.417. The van der Waals surface area contributed by atoms with Crippen molar-refractivity contribution in [3.8, 4) is 5.88 Å². The second-order valence-electron chi connectivity index (χ2n) is 3.76. The fourth-order valence-electron chi connectivity index (χ4n) is 1.57. The number of nitrogens with one attached hydrogen (secondary N) is 1. The Bertz CT molecular complexity index is 527. The van der Waals surface area contributed by atoms with Crippen LogP contribution in [0.3, 0.4) is 0 Å². The number of thiazole rings is 1. The van der Waals surface area contributed by atoms with Crippen LogP contribution in [-0.4, -0.2) is 21.6 Å². The molecule has 0 aliphatic rings. The van der Waals surface area contributed by atoms with Crippen molar-refractivity contribution in [1.29, 1.82) is 0 Å². The van der Waals surface area contributed by atoms with Gasteiger partial charge in [0.25, 0.3) is 0 Å². The summed E-state index contributed by atoms with van der Waals surface area (Å²) in [4.78, 5) is 13.9. The quantitative estimate of drug-likeness (QED) is 0.899. The Kier molecular flexibility index (Phi) is 4.09. The highest BCUT2D eigenvalue weighted by Crippen LogP contribution is 2.18. The van der Waals surface area contributed by atoms with Crippen LogP contribution in [0.1, 0.15) is 22.5 Å². The first kappa shape index (κ1) is 12.8. The number of nitrogens with zero attached hydrogens (tertiary/aromatic N) is 3. The number of rotatable bonds is 5. The zero-order chi connectivity index (χ0) is 13.0. The van der Waals surface area contributed by atoms with Gasteiger partial charge in [-0.3, -0.25) is 0 Å². The van der Waals surface area contributed by atoms with Crippen LogP contribution >= 0.6 is 11.3 Å². The molecule has 2 aromatic heterocycles. The summed E-state index contributed by atoms with van der Waals surface area (Å²) < 4.78 is 5.32. The highest BCUT2D eigenvalue weighted by Gasteiger charge is 2.05. The topological polar surface area (TPSA) is 59.9 Å². The van der Waals surface area contributed by atoms with Crippen LogP contribution < -0.4 is 10.1 Å². The van der Waals surface area contributed by atoms with Crippen molar-refractivity contribution in [3.63, 3.8) is 0 Å². The summed E-state index contributed by atoms with van der Waals surface area (Å²) in [7, 11) is 0. The second kappa shape index (κ2) is 5.77. The van der Waals surface area contributed by atoms with E-state index in [4.69, 9.17) is 4.74 Å². The molecule has 5 nitrogen and oxygen atoms in total. The molecular weight excluding hydrogens is 248 g/mol. The third-order valence-corrected chi connectivity index (χ3v) is 3.30. The summed E-state index contributed by atoms with van der Waals surface area (Å²) in [6.45, 7) is 7.28. The standard InChI is InChI=1S/C12H16N4OS/c1-4-17-12-5-11(14-7-15-12)13-6-10-8(2)18-9(3)16-10/h5,7H,4,6H2,1-3H3,(H,13,14,15). The van der Waals surface area contributed by atoms with E-state index in [1.807, 2.05) is 13.8 Å². The van der Waals surface area contributed by atoms with Crippen LogP contribution in [-0.2, 0) is 6.54 Å². The van der Waals surface area contributed by atoms with E-state index in [0.717, 1.165) is 16.5 Å². The number of aryl methyl sites for hydroxylation is 2. The van der Waals surface area contributed by atoms with Gasteiger partial charge in [-0.15, -0.1) is 11.3 Å². The summed E-state index contributed by atoms with van der Waals surface area (Å²) in [5, 5.41) is 4.31. The lowest BCUT2D eigenvalue weighted by Crippen LogP contribution is -2.04. The third kappa shape index (κ3) is 3.16. The normalized spacial score (nSPS) is 10.4. The number of anilines is 1. The minimum absolute atomic E-state index is 0.584. The predicted molar refractivity (Wildman–Crippen MR) is 72.1 cm³/mol. The van der Waals surface area contributed by atoms with Gasteiger partial charge < -0.3 is 10.1 Å². The molecular formula is C12H16N4OS. The van der Waals surface area contributed by atoms with E-state index in [0.29, 0.717) is 19.0 Å². The van der Waals surface area contributed by atoms with Crippen LogP contribution in [0.4, 0.5) is 5.82 Å². The van der Waals surface area contributed by atoms with Gasteiger partial charge in [-0.05, 0) is 20.8 Å². The van der Waals surface area contributed by atoms with E-state index >= 15 is 0 Å². The van der Waals surface area contributed by atoms with Crippen molar-refractivity contribution in [2.24, 2.45) is 0 Å². The monoisotopic (exact) mass is 264 g/mol. The average Bonchev–Trinajstić information content (AvgIpc) is 2.66. The molecule has 0 amide bonds. The minimum Gasteiger partial charge on any atom is -0.478 e. The Hall–Kier alpha value is -1.69. The van der Waals surface area contributed by atoms with E-state index in [1.165, 1.54) is 11.2 Å². The summed E-state index contributed by atoms with van der Waals surface area (Å²) in [6, 6.07) is 1.79. The van der Waals surface area contributed by atoms with Gasteiger partial charge >= 0.3 is 0 Å². The third-order valence-electron chi connectivity index (χ3n) is 2.37. The second-order valence-corrected chi connectivity index (χ2v) is 5.17. The molecule has 18 heavy (non-hydrogen) atoms. The van der Waals surface area contributed by atoms with Gasteiger partial charge in [-0.1, -0.05) is 0 Å². The van der Waals surface area contributed by atoms with Crippen molar-refractivity contribution in [3.05, 3.63) is 28.0 Å². The first-order chi connectivity index (χ1) is 8.69. The lowest BCUT2D eigenvalue weighted by molar-refractivity contribution is 0.326. The number of hydrogen-bond acceptors (Lipinski definition) is 6. The Morgan fingerprint density at radius 3 is 2.83 bits per heavy atom. The van der Waals surface area contributed by atoms with Crippen molar-refractivity contribution >= 4 is 17.2 Å². The zero-order valence-corrected chi connectivity index (χ0v) is 11.5. The van der Waals surface area contributed by atoms with Crippen LogP contribution in [0.15, 0.2) is 12.4 Å². The van der Waals surface area contributed by atoms with Gasteiger partial charge in [-0.2, -0.15) is 0 Å². The van der Waals surface area contributed by atoms with E-state index in [9.17, 15) is 0 Å². The number of aromatic nitrogens is 3. The van der Waals surface area contributed by atoms with E-state index < -0.39 is 0 Å². The molecule has 1 N–H and O–H groups in total. The maximum Gasteiger partial charge on any atom is 0.218 e. The Labute approximate surface area is 110 Å². The smallest absolute Gasteiger partial charge is 0.218 e. The molecule has 0 saturated carbocycles. The van der Waals surface area contributed by atoms with Crippen LogP contribution in [0.2, 0.25) is 0 Å². The van der Waals surface area contributed by atoms with Gasteiger partial charge in [0.1, 0.15) is 12.1 Å². The highest BCUT2D eigenvalue weighted by atomic mass is 32.1. The minimum atomic E-state index is 0.584. The molecule has 0 aliphatic heterocycles. The molecule has 0 aromatic carbocycles. The van der Waals surface area contributed by atoms with Gasteiger partial charge in [-0.25, -0.2) is 15.0 Å². The van der Waals surface area contributed by atoms with Gasteiger partial charge in [0.15, 0.2) is 0 Å². The summed E-state index contributed by atoms with van der Waals surface area (Å²) in [5.74, 6) is 1.33. The fourth-order valence-corrected chi connectivity index (χ4v) is 2.41. The highest BCUT2D eigenvalue weighted by molar-refractivity contribution is 7.11. The predicted octanol–water partition coefficient (Wildman–Crippen LogP) is 2.56. The van der Waals surface area contributed by atoms with Crippen molar-refractivity contribution in [2.75, 3.05) is 11.9 Å². The first-order valence-electron chi connectivity index (χ1n) is 5.80. The van der Waals surface area contributed by atoms with E-state index in [-0.39, 0.29) is 0 Å². The van der Waals surface area contributed by atoms with Crippen molar-refractivity contribution in [1.82, 2.24) is 15.0 Å². The number of hydrogen-bond donors (Lipinski definition) is 1.